The lowest BCUT2D eigenvalue weighted by molar-refractivity contribution is -0.122. The molecule has 4 amide bonds. The van der Waals surface area contributed by atoms with Crippen molar-refractivity contribution in [3.05, 3.63) is 81.6 Å². The Morgan fingerprint density at radius 2 is 1.51 bits per heavy atom. The monoisotopic (exact) mass is 534 g/mol. The Labute approximate surface area is 213 Å². The summed E-state index contributed by atoms with van der Waals surface area (Å²) in [6.07, 6.45) is 1.55. The van der Waals surface area contributed by atoms with Crippen LogP contribution in [0.4, 0.5) is 16.2 Å². The first-order valence-electron chi connectivity index (χ1n) is 11.5. The van der Waals surface area contributed by atoms with Crippen molar-refractivity contribution in [2.75, 3.05) is 22.9 Å². The van der Waals surface area contributed by atoms with Crippen molar-refractivity contribution in [3.63, 3.8) is 0 Å². The first-order valence-corrected chi connectivity index (χ1v) is 12.3. The lowest BCUT2D eigenvalue weighted by Crippen LogP contribution is -2.54. The number of carbonyl (C=O) groups excluding carboxylic acids is 3. The van der Waals surface area contributed by atoms with E-state index in [9.17, 15) is 14.4 Å². The fourth-order valence-electron chi connectivity index (χ4n) is 4.37. The highest BCUT2D eigenvalue weighted by Crippen LogP contribution is 2.27. The lowest BCUT2D eigenvalue weighted by Gasteiger charge is -2.26. The van der Waals surface area contributed by atoms with Crippen molar-refractivity contribution in [2.24, 2.45) is 0 Å². The van der Waals surface area contributed by atoms with Crippen LogP contribution in [-0.4, -0.2) is 35.5 Å². The Balaban J connectivity index is 1.70. The van der Waals surface area contributed by atoms with Crippen LogP contribution in [0.15, 0.2) is 64.6 Å². The summed E-state index contributed by atoms with van der Waals surface area (Å²) in [5, 5.41) is 2.28. The van der Waals surface area contributed by atoms with Crippen LogP contribution in [0, 0.1) is 13.8 Å². The highest BCUT2D eigenvalue weighted by Gasteiger charge is 2.37. The van der Waals surface area contributed by atoms with E-state index >= 15 is 0 Å². The molecule has 7 nitrogen and oxygen atoms in total. The van der Waals surface area contributed by atoms with Crippen LogP contribution >= 0.6 is 15.9 Å². The average molecular weight is 535 g/mol. The summed E-state index contributed by atoms with van der Waals surface area (Å²) in [4.78, 5) is 41.5. The number of amides is 4. The Hall–Kier alpha value is -3.65. The van der Waals surface area contributed by atoms with Crippen LogP contribution in [0.3, 0.4) is 0 Å². The van der Waals surface area contributed by atoms with Crippen molar-refractivity contribution >= 4 is 51.2 Å². The Kier molecular flexibility index (Phi) is 6.93. The van der Waals surface area contributed by atoms with Crippen LogP contribution in [0.5, 0.6) is 0 Å². The molecule has 8 heteroatoms. The number of nitrogens with zero attached hydrogens (tertiary/aromatic N) is 3. The van der Waals surface area contributed by atoms with E-state index in [0.29, 0.717) is 5.69 Å². The zero-order chi connectivity index (χ0) is 25.3. The normalized spacial score (nSPS) is 15.1. The number of anilines is 2. The third-order valence-corrected chi connectivity index (χ3v) is 6.72. The number of nitrogens with one attached hydrogen (secondary N) is 1. The summed E-state index contributed by atoms with van der Waals surface area (Å²) in [5.74, 6) is -1.36. The van der Waals surface area contributed by atoms with Gasteiger partial charge in [-0.3, -0.25) is 14.9 Å². The van der Waals surface area contributed by atoms with Gasteiger partial charge in [0.05, 0.1) is 5.69 Å². The standard InChI is InChI=1S/C27H27BrN4O3/c1-5-30(6-2)21-11-13-22(14-12-21)31-17(3)15-19(18(31)4)16-24-25(33)29-27(35)32(26(24)34)23-9-7-20(28)8-10-23/h7-16H,5-6H2,1-4H3,(H,29,33,35)/b24-16+. The number of hydrogen-bond acceptors (Lipinski definition) is 4. The largest absolute Gasteiger partial charge is 0.372 e. The maximum atomic E-state index is 13.2. The zero-order valence-electron chi connectivity index (χ0n) is 20.1. The van der Waals surface area contributed by atoms with Gasteiger partial charge in [-0.25, -0.2) is 9.69 Å². The third-order valence-electron chi connectivity index (χ3n) is 6.19. The third kappa shape index (κ3) is 4.66. The Morgan fingerprint density at radius 3 is 2.11 bits per heavy atom. The summed E-state index contributed by atoms with van der Waals surface area (Å²) >= 11 is 3.35. The molecule has 0 radical (unpaired) electrons. The van der Waals surface area contributed by atoms with E-state index in [1.165, 1.54) is 0 Å². The number of hydrogen-bond donors (Lipinski definition) is 1. The van der Waals surface area contributed by atoms with E-state index in [4.69, 9.17) is 0 Å². The number of aromatic nitrogens is 1. The van der Waals surface area contributed by atoms with Crippen LogP contribution in [0.2, 0.25) is 0 Å². The highest BCUT2D eigenvalue weighted by atomic mass is 79.9. The molecule has 0 bridgehead atoms. The first-order chi connectivity index (χ1) is 16.7. The molecule has 0 unspecified atom stereocenters. The van der Waals surface area contributed by atoms with Gasteiger partial charge in [-0.05, 0) is 93.9 Å². The Morgan fingerprint density at radius 1 is 0.914 bits per heavy atom. The van der Waals surface area contributed by atoms with Crippen LogP contribution < -0.4 is 15.1 Å². The molecule has 2 aromatic carbocycles. The number of halogens is 1. The molecule has 2 heterocycles. The Bertz CT molecular complexity index is 1320. The lowest BCUT2D eigenvalue weighted by atomic mass is 10.1. The second-order valence-corrected chi connectivity index (χ2v) is 9.20. The predicted molar refractivity (Wildman–Crippen MR) is 142 cm³/mol. The van der Waals surface area contributed by atoms with E-state index in [1.807, 2.05) is 19.9 Å². The number of urea groups is 1. The number of barbiturate groups is 1. The average Bonchev–Trinajstić information content (AvgIpc) is 3.11. The second-order valence-electron chi connectivity index (χ2n) is 8.28. The van der Waals surface area contributed by atoms with Gasteiger partial charge in [0.2, 0.25) is 0 Å². The molecular formula is C27H27BrN4O3. The molecule has 1 aliphatic rings. The van der Waals surface area contributed by atoms with Crippen molar-refractivity contribution in [1.29, 1.82) is 0 Å². The molecule has 3 aromatic rings. The summed E-state index contributed by atoms with van der Waals surface area (Å²) in [6, 6.07) is 16.2. The van der Waals surface area contributed by atoms with Crippen LogP contribution in [0.1, 0.15) is 30.8 Å². The van der Waals surface area contributed by atoms with E-state index in [-0.39, 0.29) is 5.57 Å². The predicted octanol–water partition coefficient (Wildman–Crippen LogP) is 5.37. The molecular weight excluding hydrogens is 508 g/mol. The molecule has 180 valence electrons. The number of imide groups is 2. The number of benzene rings is 2. The van der Waals surface area contributed by atoms with Gasteiger partial charge >= 0.3 is 6.03 Å². The molecule has 0 atom stereocenters. The molecule has 1 aromatic heterocycles. The van der Waals surface area contributed by atoms with Gasteiger partial charge < -0.3 is 9.47 Å². The fourth-order valence-corrected chi connectivity index (χ4v) is 4.63. The van der Waals surface area contributed by atoms with Crippen LogP contribution in [0.25, 0.3) is 11.8 Å². The van der Waals surface area contributed by atoms with E-state index in [2.05, 4.69) is 68.8 Å². The summed E-state index contributed by atoms with van der Waals surface area (Å²) in [7, 11) is 0. The molecule has 1 aliphatic heterocycles. The van der Waals surface area contributed by atoms with Gasteiger partial charge in [0.15, 0.2) is 0 Å². The van der Waals surface area contributed by atoms with Crippen molar-refractivity contribution in [1.82, 2.24) is 9.88 Å². The maximum Gasteiger partial charge on any atom is 0.335 e. The quantitative estimate of drug-likeness (QED) is 0.340. The smallest absolute Gasteiger partial charge is 0.335 e. The zero-order valence-corrected chi connectivity index (χ0v) is 21.7. The van der Waals surface area contributed by atoms with Gasteiger partial charge in [-0.15, -0.1) is 0 Å². The highest BCUT2D eigenvalue weighted by molar-refractivity contribution is 9.10. The molecule has 4 rings (SSSR count). The van der Waals surface area contributed by atoms with Gasteiger partial charge in [-0.1, -0.05) is 15.9 Å². The first kappa shape index (κ1) is 24.5. The molecule has 35 heavy (non-hydrogen) atoms. The van der Waals surface area contributed by atoms with Crippen LogP contribution in [-0.2, 0) is 9.59 Å². The number of aryl methyl sites for hydroxylation is 1. The summed E-state index contributed by atoms with van der Waals surface area (Å²) < 4.78 is 2.90. The topological polar surface area (TPSA) is 74.7 Å². The fraction of sp³-hybridized carbons (Fsp3) is 0.222. The van der Waals surface area contributed by atoms with Crippen molar-refractivity contribution in [3.8, 4) is 5.69 Å². The van der Waals surface area contributed by atoms with Gasteiger partial charge in [0.25, 0.3) is 11.8 Å². The van der Waals surface area contributed by atoms with Crippen molar-refractivity contribution in [2.45, 2.75) is 27.7 Å². The van der Waals surface area contributed by atoms with Gasteiger partial charge in [0, 0.05) is 40.3 Å². The molecule has 0 aliphatic carbocycles. The number of carbonyl (C=O) groups is 3. The van der Waals surface area contributed by atoms with E-state index < -0.39 is 17.8 Å². The molecule has 0 saturated carbocycles. The molecule has 1 N–H and O–H groups in total. The summed E-state index contributed by atoms with van der Waals surface area (Å²) in [6.45, 7) is 10.1. The molecule has 1 fully saturated rings. The minimum atomic E-state index is -0.766. The van der Waals surface area contributed by atoms with Crippen molar-refractivity contribution < 1.29 is 14.4 Å². The minimum Gasteiger partial charge on any atom is -0.372 e. The minimum absolute atomic E-state index is 0.0929. The maximum absolute atomic E-state index is 13.2. The van der Waals surface area contributed by atoms with Gasteiger partial charge in [0.1, 0.15) is 5.57 Å². The SMILES string of the molecule is CCN(CC)c1ccc(-n2c(C)cc(/C=C3\C(=O)NC(=O)N(c4ccc(Br)cc4)C3=O)c2C)cc1. The van der Waals surface area contributed by atoms with E-state index in [0.717, 1.165) is 50.8 Å². The molecule has 0 spiro atoms. The van der Waals surface area contributed by atoms with E-state index in [1.54, 1.807) is 30.3 Å². The van der Waals surface area contributed by atoms with Gasteiger partial charge in [-0.2, -0.15) is 0 Å². The summed E-state index contributed by atoms with van der Waals surface area (Å²) in [5.41, 5.74) is 5.03. The molecule has 1 saturated heterocycles. The second kappa shape index (κ2) is 9.92. The number of rotatable bonds is 6.